The fourth-order valence-corrected chi connectivity index (χ4v) is 6.20. The van der Waals surface area contributed by atoms with Gasteiger partial charge >= 0.3 is 0 Å². The molecule has 0 unspecified atom stereocenters. The van der Waals surface area contributed by atoms with Crippen LogP contribution < -0.4 is 0 Å². The van der Waals surface area contributed by atoms with Crippen LogP contribution in [0.15, 0.2) is 126 Å². The van der Waals surface area contributed by atoms with Crippen LogP contribution in [-0.4, -0.2) is 25.4 Å². The van der Waals surface area contributed by atoms with Crippen LogP contribution in [0.4, 0.5) is 0 Å². The Kier molecular flexibility index (Phi) is 11.3. The van der Waals surface area contributed by atoms with Gasteiger partial charge in [-0.2, -0.15) is 0 Å². The molecule has 4 aromatic carbocycles. The van der Waals surface area contributed by atoms with Crippen molar-refractivity contribution in [3.05, 3.63) is 139 Å². The summed E-state index contributed by atoms with van der Waals surface area (Å²) in [5.74, 6) is 1.35. The Hall–Kier alpha value is -5.10. The van der Waals surface area contributed by atoms with E-state index in [1.165, 1.54) is 47.9 Å². The number of allylic oxidation sites excluding steroid dienone is 2. The number of nitrogens with zero attached hydrogens (tertiary/aromatic N) is 3. The first kappa shape index (κ1) is 36.2. The van der Waals surface area contributed by atoms with Gasteiger partial charge in [-0.15, -0.1) is 0 Å². The van der Waals surface area contributed by atoms with Gasteiger partial charge in [0.1, 0.15) is 0 Å². The van der Waals surface area contributed by atoms with Crippen LogP contribution in [-0.2, 0) is 24.9 Å². The van der Waals surface area contributed by atoms with Crippen LogP contribution >= 0.6 is 0 Å². The van der Waals surface area contributed by atoms with E-state index in [-0.39, 0.29) is 31.6 Å². The maximum absolute atomic E-state index is 10.0. The molecule has 3 aromatic heterocycles. The minimum Gasteiger partial charge on any atom is -0.557 e. The average Bonchev–Trinajstić information content (AvgIpc) is 3.69. The van der Waals surface area contributed by atoms with Crippen molar-refractivity contribution < 1.29 is 34.4 Å². The number of hydrogen-bond donors (Lipinski definition) is 1. The number of fused-ring (bicyclic) bond motifs is 2. The standard InChI is InChI=1S/C38H32N3O.C5H8O2.Ir/c1-24(2)30-21-29(26-10-6-5-7-11-26)22-31(25(3)4)37(30)41-35-13-9-8-12-34(35)40-38(41)33-23-42-36-15-14-28(20-32(33)36)27-16-18-39-19-17-27;1-4(6)3-5(2)7;/h5-22,24-25H,1-4H3;3,6H,1-2H3;/q-1;;/b;4-3-;. The number of aliphatic hydroxyl groups is 1. The van der Waals surface area contributed by atoms with Crippen molar-refractivity contribution in [3.8, 4) is 39.3 Å². The molecule has 6 nitrogen and oxygen atoms in total. The molecule has 7 heteroatoms. The number of carbonyl (C=O) groups excluding carboxylic acids is 1. The molecule has 7 aromatic rings. The van der Waals surface area contributed by atoms with Crippen molar-refractivity contribution >= 4 is 27.8 Å². The van der Waals surface area contributed by atoms with E-state index in [0.29, 0.717) is 11.8 Å². The number of benzene rings is 4. The van der Waals surface area contributed by atoms with Crippen LogP contribution in [0.3, 0.4) is 0 Å². The van der Waals surface area contributed by atoms with Crippen LogP contribution in [0, 0.1) is 6.26 Å². The molecule has 50 heavy (non-hydrogen) atoms. The van der Waals surface area contributed by atoms with E-state index in [2.05, 4.69) is 116 Å². The minimum absolute atomic E-state index is 0. The molecule has 0 amide bonds. The van der Waals surface area contributed by atoms with Gasteiger partial charge in [0, 0.05) is 56.1 Å². The van der Waals surface area contributed by atoms with Crippen LogP contribution in [0.2, 0.25) is 0 Å². The Morgan fingerprint density at radius 3 is 2.00 bits per heavy atom. The third-order valence-corrected chi connectivity index (χ3v) is 8.47. The zero-order valence-electron chi connectivity index (χ0n) is 29.1. The quantitative estimate of drug-likeness (QED) is 0.0982. The molecule has 1 radical (unpaired) electrons. The molecule has 255 valence electrons. The smallest absolute Gasteiger partial charge is 0.155 e. The monoisotopic (exact) mass is 839 g/mol. The van der Waals surface area contributed by atoms with Crippen LogP contribution in [0.1, 0.15) is 64.5 Å². The second-order valence-electron chi connectivity index (χ2n) is 12.9. The Balaban J connectivity index is 0.000000553. The Bertz CT molecular complexity index is 2250. The molecule has 0 aliphatic heterocycles. The van der Waals surface area contributed by atoms with E-state index >= 15 is 0 Å². The van der Waals surface area contributed by atoms with Gasteiger partial charge in [0.25, 0.3) is 0 Å². The van der Waals surface area contributed by atoms with Crippen molar-refractivity contribution in [2.24, 2.45) is 0 Å². The molecule has 0 atom stereocenters. The predicted octanol–water partition coefficient (Wildman–Crippen LogP) is 11.2. The molecule has 7 rings (SSSR count). The fraction of sp³-hybridized carbons (Fsp3) is 0.186. The zero-order chi connectivity index (χ0) is 34.7. The number of rotatable bonds is 7. The zero-order valence-corrected chi connectivity index (χ0v) is 31.5. The molecule has 3 heterocycles. The van der Waals surface area contributed by atoms with Gasteiger partial charge in [0.15, 0.2) is 5.78 Å². The number of ketones is 1. The Morgan fingerprint density at radius 1 is 0.780 bits per heavy atom. The molecule has 0 saturated carbocycles. The largest absolute Gasteiger partial charge is 0.557 e. The van der Waals surface area contributed by atoms with Crippen molar-refractivity contribution in [1.29, 1.82) is 0 Å². The number of carbonyl (C=O) groups is 1. The first-order valence-electron chi connectivity index (χ1n) is 16.6. The molecule has 0 spiro atoms. The summed E-state index contributed by atoms with van der Waals surface area (Å²) in [5, 5.41) is 9.35. The number of aromatic nitrogens is 3. The molecule has 1 N–H and O–H groups in total. The molecule has 0 saturated heterocycles. The minimum atomic E-state index is -0.125. The van der Waals surface area contributed by atoms with E-state index < -0.39 is 0 Å². The molecule has 0 fully saturated rings. The number of aliphatic hydroxyl groups excluding tert-OH is 1. The maximum atomic E-state index is 10.0. The molecular weight excluding hydrogens is 799 g/mol. The van der Waals surface area contributed by atoms with Gasteiger partial charge in [-0.3, -0.25) is 14.8 Å². The summed E-state index contributed by atoms with van der Waals surface area (Å²) in [6.07, 6.45) is 8.05. The summed E-state index contributed by atoms with van der Waals surface area (Å²) in [4.78, 5) is 19.4. The number of hydrogen-bond acceptors (Lipinski definition) is 5. The van der Waals surface area contributed by atoms with E-state index in [1.807, 2.05) is 36.7 Å². The Labute approximate surface area is 306 Å². The summed E-state index contributed by atoms with van der Waals surface area (Å²) >= 11 is 0. The number of pyridine rings is 1. The SMILES string of the molecule is CC(=O)/C=C(/C)O.CC(C)c1cc(-c2ccccc2)cc(C(C)C)c1-n1c(-c2[c-]oc3ccc(-c4ccncc4)cc23)nc2ccccc21.[Ir]. The van der Waals surface area contributed by atoms with Gasteiger partial charge in [-0.05, 0) is 95.5 Å². The summed E-state index contributed by atoms with van der Waals surface area (Å²) in [6.45, 7) is 11.9. The fourth-order valence-electron chi connectivity index (χ4n) is 6.20. The van der Waals surface area contributed by atoms with Crippen LogP contribution in [0.5, 0.6) is 0 Å². The first-order chi connectivity index (χ1) is 23.6. The maximum Gasteiger partial charge on any atom is 0.155 e. The van der Waals surface area contributed by atoms with Crippen molar-refractivity contribution in [1.82, 2.24) is 14.5 Å². The second kappa shape index (κ2) is 15.6. The van der Waals surface area contributed by atoms with Crippen LogP contribution in [0.25, 0.3) is 61.3 Å². The molecule has 0 bridgehead atoms. The molecule has 0 aliphatic rings. The number of imidazole rings is 1. The van der Waals surface area contributed by atoms with Gasteiger partial charge in [0.2, 0.25) is 0 Å². The van der Waals surface area contributed by atoms with Gasteiger partial charge in [-0.25, -0.2) is 0 Å². The molecular formula is C43H40IrN3O3-. The van der Waals surface area contributed by atoms with Gasteiger partial charge < -0.3 is 14.1 Å². The summed E-state index contributed by atoms with van der Waals surface area (Å²) in [6, 6.07) is 34.1. The van der Waals surface area contributed by atoms with Crippen molar-refractivity contribution in [3.63, 3.8) is 0 Å². The number of furan rings is 1. The third-order valence-electron chi connectivity index (χ3n) is 8.47. The van der Waals surface area contributed by atoms with Crippen molar-refractivity contribution in [2.75, 3.05) is 0 Å². The summed E-state index contributed by atoms with van der Waals surface area (Å²) < 4.78 is 8.36. The summed E-state index contributed by atoms with van der Waals surface area (Å²) in [7, 11) is 0. The van der Waals surface area contributed by atoms with E-state index in [0.717, 1.165) is 44.5 Å². The Morgan fingerprint density at radius 2 is 1.40 bits per heavy atom. The van der Waals surface area contributed by atoms with E-state index in [1.54, 1.807) is 0 Å². The third kappa shape index (κ3) is 7.55. The van der Waals surface area contributed by atoms with Gasteiger partial charge in [0.05, 0.1) is 22.6 Å². The van der Waals surface area contributed by atoms with E-state index in [4.69, 9.17) is 14.5 Å². The predicted molar refractivity (Wildman–Crippen MR) is 199 cm³/mol. The second-order valence-corrected chi connectivity index (χ2v) is 12.9. The number of para-hydroxylation sites is 2. The average molecular weight is 839 g/mol. The normalized spacial score (nSPS) is 11.5. The summed E-state index contributed by atoms with van der Waals surface area (Å²) in [5.41, 5.74) is 12.1. The van der Waals surface area contributed by atoms with Crippen molar-refractivity contribution in [2.45, 2.75) is 53.4 Å². The van der Waals surface area contributed by atoms with Gasteiger partial charge in [-0.1, -0.05) is 99.3 Å². The first-order valence-corrected chi connectivity index (χ1v) is 16.6. The topological polar surface area (TPSA) is 81.1 Å². The van der Waals surface area contributed by atoms with E-state index in [9.17, 15) is 4.79 Å². The molecule has 0 aliphatic carbocycles.